The summed E-state index contributed by atoms with van der Waals surface area (Å²) in [5.74, 6) is -0.100. The number of aliphatic hydroxyl groups excluding tert-OH is 1. The van der Waals surface area contributed by atoms with Gasteiger partial charge in [0.25, 0.3) is 0 Å². The van der Waals surface area contributed by atoms with Crippen LogP contribution in [0.25, 0.3) is 0 Å². The summed E-state index contributed by atoms with van der Waals surface area (Å²) in [7, 11) is 0. The largest absolute Gasteiger partial charge is 0.396 e. The van der Waals surface area contributed by atoms with Crippen LogP contribution in [0.4, 0.5) is 0 Å². The fourth-order valence-electron chi connectivity index (χ4n) is 3.15. The van der Waals surface area contributed by atoms with E-state index < -0.39 is 6.10 Å². The van der Waals surface area contributed by atoms with Crippen molar-refractivity contribution < 1.29 is 14.6 Å². The van der Waals surface area contributed by atoms with Crippen LogP contribution in [0.15, 0.2) is 30.3 Å². The van der Waals surface area contributed by atoms with Crippen molar-refractivity contribution in [2.24, 2.45) is 0 Å². The Bertz CT molecular complexity index is 455. The maximum Gasteiger partial charge on any atom is 0.249 e. The van der Waals surface area contributed by atoms with E-state index in [-0.39, 0.29) is 24.7 Å². The standard InChI is InChI=1S/C19H29NO3/c1-15(23-17-11-7-2-3-8-12-17)19(22)20-18(13-14-21)16-9-5-4-6-10-16/h4-6,9-10,15,17-18,21H,2-3,7-8,11-14H2,1H3,(H,20,22). The Labute approximate surface area is 139 Å². The highest BCUT2D eigenvalue weighted by Crippen LogP contribution is 2.22. The van der Waals surface area contributed by atoms with Crippen LogP contribution >= 0.6 is 0 Å². The third-order valence-corrected chi connectivity index (χ3v) is 4.50. The highest BCUT2D eigenvalue weighted by Gasteiger charge is 2.23. The van der Waals surface area contributed by atoms with E-state index in [2.05, 4.69) is 5.32 Å². The van der Waals surface area contributed by atoms with Crippen LogP contribution in [-0.2, 0) is 9.53 Å². The van der Waals surface area contributed by atoms with Gasteiger partial charge in [-0.05, 0) is 31.7 Å². The molecule has 0 aromatic heterocycles. The van der Waals surface area contributed by atoms with Crippen LogP contribution in [0.1, 0.15) is 63.5 Å². The Morgan fingerprint density at radius 1 is 1.22 bits per heavy atom. The van der Waals surface area contributed by atoms with Gasteiger partial charge in [-0.25, -0.2) is 0 Å². The molecule has 1 saturated carbocycles. The van der Waals surface area contributed by atoms with Crippen molar-refractivity contribution in [1.29, 1.82) is 0 Å². The van der Waals surface area contributed by atoms with Gasteiger partial charge in [0.05, 0.1) is 12.1 Å². The van der Waals surface area contributed by atoms with Crippen molar-refractivity contribution in [2.75, 3.05) is 6.61 Å². The Hall–Kier alpha value is -1.39. The van der Waals surface area contributed by atoms with Gasteiger partial charge in [-0.1, -0.05) is 56.0 Å². The lowest BCUT2D eigenvalue weighted by molar-refractivity contribution is -0.136. The highest BCUT2D eigenvalue weighted by atomic mass is 16.5. The van der Waals surface area contributed by atoms with E-state index in [9.17, 15) is 9.90 Å². The van der Waals surface area contributed by atoms with Crippen molar-refractivity contribution in [3.05, 3.63) is 35.9 Å². The third kappa shape index (κ3) is 5.96. The molecule has 2 atom stereocenters. The number of hydrogen-bond acceptors (Lipinski definition) is 3. The molecule has 2 unspecified atom stereocenters. The number of carbonyl (C=O) groups is 1. The van der Waals surface area contributed by atoms with Gasteiger partial charge in [0.15, 0.2) is 0 Å². The molecule has 4 nitrogen and oxygen atoms in total. The second kappa shape index (κ2) is 9.68. The van der Waals surface area contributed by atoms with Crippen molar-refractivity contribution >= 4 is 5.91 Å². The zero-order valence-corrected chi connectivity index (χ0v) is 14.0. The molecule has 0 saturated heterocycles. The first kappa shape index (κ1) is 18.0. The zero-order chi connectivity index (χ0) is 16.5. The number of benzene rings is 1. The minimum atomic E-state index is -0.456. The number of rotatable bonds is 7. The first-order valence-electron chi connectivity index (χ1n) is 8.82. The van der Waals surface area contributed by atoms with Crippen molar-refractivity contribution in [1.82, 2.24) is 5.32 Å². The molecule has 1 aliphatic rings. The lowest BCUT2D eigenvalue weighted by Crippen LogP contribution is -2.39. The molecule has 0 heterocycles. The normalized spacial score (nSPS) is 18.9. The van der Waals surface area contributed by atoms with E-state index in [4.69, 9.17) is 4.74 Å². The molecule has 0 spiro atoms. The average molecular weight is 319 g/mol. The molecule has 4 heteroatoms. The molecular formula is C19H29NO3. The van der Waals surface area contributed by atoms with Gasteiger partial charge in [-0.3, -0.25) is 4.79 Å². The third-order valence-electron chi connectivity index (χ3n) is 4.50. The lowest BCUT2D eigenvalue weighted by Gasteiger charge is -2.24. The van der Waals surface area contributed by atoms with E-state index in [0.29, 0.717) is 6.42 Å². The van der Waals surface area contributed by atoms with E-state index in [1.807, 2.05) is 37.3 Å². The zero-order valence-electron chi connectivity index (χ0n) is 14.0. The minimum Gasteiger partial charge on any atom is -0.396 e. The summed E-state index contributed by atoms with van der Waals surface area (Å²) in [4.78, 5) is 12.4. The predicted octanol–water partition coefficient (Wildman–Crippen LogP) is 3.35. The fourth-order valence-corrected chi connectivity index (χ4v) is 3.15. The van der Waals surface area contributed by atoms with Gasteiger partial charge in [-0.2, -0.15) is 0 Å². The van der Waals surface area contributed by atoms with Gasteiger partial charge in [-0.15, -0.1) is 0 Å². The molecule has 2 rings (SSSR count). The first-order chi connectivity index (χ1) is 11.2. The fraction of sp³-hybridized carbons (Fsp3) is 0.632. The SMILES string of the molecule is CC(OC1CCCCCC1)C(=O)NC(CCO)c1ccccc1. The number of aliphatic hydroxyl groups is 1. The maximum atomic E-state index is 12.4. The van der Waals surface area contributed by atoms with Crippen LogP contribution in [-0.4, -0.2) is 29.8 Å². The monoisotopic (exact) mass is 319 g/mol. The number of amides is 1. The van der Waals surface area contributed by atoms with Gasteiger partial charge in [0.2, 0.25) is 5.91 Å². The molecule has 0 radical (unpaired) electrons. The number of ether oxygens (including phenoxy) is 1. The summed E-state index contributed by atoms with van der Waals surface area (Å²) < 4.78 is 5.97. The van der Waals surface area contributed by atoms with Crippen LogP contribution in [0, 0.1) is 0 Å². The van der Waals surface area contributed by atoms with Crippen molar-refractivity contribution in [3.63, 3.8) is 0 Å². The molecule has 0 aliphatic heterocycles. The molecule has 1 aliphatic carbocycles. The molecule has 1 amide bonds. The van der Waals surface area contributed by atoms with Gasteiger partial charge in [0.1, 0.15) is 6.10 Å². The average Bonchev–Trinajstić information content (AvgIpc) is 2.84. The molecule has 2 N–H and O–H groups in total. The molecular weight excluding hydrogens is 290 g/mol. The smallest absolute Gasteiger partial charge is 0.249 e. The van der Waals surface area contributed by atoms with Crippen molar-refractivity contribution in [2.45, 2.75) is 70.1 Å². The molecule has 1 aromatic rings. The molecule has 1 aromatic carbocycles. The predicted molar refractivity (Wildman–Crippen MR) is 91.1 cm³/mol. The number of nitrogens with one attached hydrogen (secondary N) is 1. The summed E-state index contributed by atoms with van der Waals surface area (Å²) >= 11 is 0. The maximum absolute atomic E-state index is 12.4. The summed E-state index contributed by atoms with van der Waals surface area (Å²) in [6.07, 6.45) is 7.28. The summed E-state index contributed by atoms with van der Waals surface area (Å²) in [5, 5.41) is 12.3. The van der Waals surface area contributed by atoms with Crippen LogP contribution in [0.5, 0.6) is 0 Å². The summed E-state index contributed by atoms with van der Waals surface area (Å²) in [5.41, 5.74) is 1.01. The number of carbonyl (C=O) groups excluding carboxylic acids is 1. The first-order valence-corrected chi connectivity index (χ1v) is 8.82. The summed E-state index contributed by atoms with van der Waals surface area (Å²) in [6.45, 7) is 1.86. The second-order valence-electron chi connectivity index (χ2n) is 6.38. The minimum absolute atomic E-state index is 0.0394. The Balaban J connectivity index is 1.89. The van der Waals surface area contributed by atoms with E-state index in [0.717, 1.165) is 18.4 Å². The second-order valence-corrected chi connectivity index (χ2v) is 6.38. The van der Waals surface area contributed by atoms with Gasteiger partial charge >= 0.3 is 0 Å². The van der Waals surface area contributed by atoms with E-state index in [1.54, 1.807) is 0 Å². The Morgan fingerprint density at radius 2 is 1.87 bits per heavy atom. The topological polar surface area (TPSA) is 58.6 Å². The summed E-state index contributed by atoms with van der Waals surface area (Å²) in [6, 6.07) is 9.59. The van der Waals surface area contributed by atoms with Crippen LogP contribution in [0.2, 0.25) is 0 Å². The Morgan fingerprint density at radius 3 is 2.48 bits per heavy atom. The van der Waals surface area contributed by atoms with E-state index >= 15 is 0 Å². The molecule has 1 fully saturated rings. The van der Waals surface area contributed by atoms with Crippen LogP contribution in [0.3, 0.4) is 0 Å². The lowest BCUT2D eigenvalue weighted by atomic mass is 10.0. The quantitative estimate of drug-likeness (QED) is 0.758. The van der Waals surface area contributed by atoms with Gasteiger partial charge in [0, 0.05) is 6.61 Å². The number of hydrogen-bond donors (Lipinski definition) is 2. The van der Waals surface area contributed by atoms with Crippen molar-refractivity contribution in [3.8, 4) is 0 Å². The molecule has 23 heavy (non-hydrogen) atoms. The van der Waals surface area contributed by atoms with Crippen LogP contribution < -0.4 is 5.32 Å². The van der Waals surface area contributed by atoms with E-state index in [1.165, 1.54) is 25.7 Å². The molecule has 128 valence electrons. The van der Waals surface area contributed by atoms with Gasteiger partial charge < -0.3 is 15.2 Å². The highest BCUT2D eigenvalue weighted by molar-refractivity contribution is 5.80. The Kier molecular flexibility index (Phi) is 7.56. The molecule has 0 bridgehead atoms.